The first-order valence-electron chi connectivity index (χ1n) is 5.77. The molecular weight excluding hydrogens is 258 g/mol. The summed E-state index contributed by atoms with van der Waals surface area (Å²) in [6, 6.07) is 9.59. The second-order valence-electron chi connectivity index (χ2n) is 4.13. The van der Waals surface area contributed by atoms with Gasteiger partial charge in [0, 0.05) is 17.3 Å². The number of nitrogens with one attached hydrogen (secondary N) is 1. The average Bonchev–Trinajstić information content (AvgIpc) is 2.41. The Morgan fingerprint density at radius 1 is 1.32 bits per heavy atom. The Labute approximate surface area is 117 Å². The number of methoxy groups -OCH3 is 1. The lowest BCUT2D eigenvalue weighted by atomic mass is 10.1. The highest BCUT2D eigenvalue weighted by Gasteiger charge is 2.06. The van der Waals surface area contributed by atoms with Crippen LogP contribution >= 0.6 is 12.2 Å². The van der Waals surface area contributed by atoms with Crippen LogP contribution in [0, 0.1) is 6.92 Å². The number of ether oxygens (including phenoxy) is 1. The number of aromatic nitrogens is 1. The standard InChI is InChI=1S/C14H15N3OS/c1-9-3-5-12(11(7-9)14(15)19)17-10-4-6-13(18-2)16-8-10/h3-8,17H,1-2H3,(H2,15,19). The van der Waals surface area contributed by atoms with Crippen molar-refractivity contribution in [3.8, 4) is 5.88 Å². The molecule has 0 atom stereocenters. The Kier molecular flexibility index (Phi) is 3.97. The Balaban J connectivity index is 2.29. The van der Waals surface area contributed by atoms with Crippen molar-refractivity contribution < 1.29 is 4.74 Å². The second-order valence-corrected chi connectivity index (χ2v) is 4.57. The Morgan fingerprint density at radius 3 is 2.68 bits per heavy atom. The molecule has 4 nitrogen and oxygen atoms in total. The van der Waals surface area contributed by atoms with E-state index in [4.69, 9.17) is 22.7 Å². The SMILES string of the molecule is COc1ccc(Nc2ccc(C)cc2C(N)=S)cn1. The number of rotatable bonds is 4. The van der Waals surface area contributed by atoms with E-state index in [0.717, 1.165) is 22.5 Å². The first-order chi connectivity index (χ1) is 9.10. The van der Waals surface area contributed by atoms with Gasteiger partial charge in [0.25, 0.3) is 0 Å². The molecule has 3 N–H and O–H groups in total. The molecule has 0 bridgehead atoms. The highest BCUT2D eigenvalue weighted by Crippen LogP contribution is 2.22. The number of nitrogens with two attached hydrogens (primary N) is 1. The molecule has 0 radical (unpaired) electrons. The molecule has 2 aromatic rings. The van der Waals surface area contributed by atoms with E-state index in [1.165, 1.54) is 0 Å². The predicted molar refractivity (Wildman–Crippen MR) is 81.1 cm³/mol. The molecule has 98 valence electrons. The molecule has 0 aliphatic heterocycles. The number of pyridine rings is 1. The first-order valence-corrected chi connectivity index (χ1v) is 6.18. The van der Waals surface area contributed by atoms with E-state index in [2.05, 4.69) is 10.3 Å². The zero-order chi connectivity index (χ0) is 13.8. The van der Waals surface area contributed by atoms with Crippen LogP contribution < -0.4 is 15.8 Å². The molecule has 1 aromatic carbocycles. The Bertz CT molecular complexity index is 596. The van der Waals surface area contributed by atoms with E-state index in [-0.39, 0.29) is 0 Å². The van der Waals surface area contributed by atoms with Crippen molar-refractivity contribution in [2.45, 2.75) is 6.92 Å². The highest BCUT2D eigenvalue weighted by molar-refractivity contribution is 7.80. The monoisotopic (exact) mass is 273 g/mol. The molecule has 0 aliphatic carbocycles. The van der Waals surface area contributed by atoms with Gasteiger partial charge >= 0.3 is 0 Å². The van der Waals surface area contributed by atoms with Crippen LogP contribution in [0.1, 0.15) is 11.1 Å². The van der Waals surface area contributed by atoms with Gasteiger partial charge in [-0.15, -0.1) is 0 Å². The molecular formula is C14H15N3OS. The van der Waals surface area contributed by atoms with Crippen molar-refractivity contribution in [3.63, 3.8) is 0 Å². The van der Waals surface area contributed by atoms with Crippen LogP contribution in [0.15, 0.2) is 36.5 Å². The molecule has 0 saturated heterocycles. The fourth-order valence-electron chi connectivity index (χ4n) is 1.70. The number of hydrogen-bond acceptors (Lipinski definition) is 4. The van der Waals surface area contributed by atoms with Gasteiger partial charge in [-0.3, -0.25) is 0 Å². The number of thiocarbonyl (C=S) groups is 1. The third-order valence-corrected chi connectivity index (χ3v) is 2.88. The molecule has 2 rings (SSSR count). The van der Waals surface area contributed by atoms with Crippen molar-refractivity contribution in [3.05, 3.63) is 47.7 Å². The van der Waals surface area contributed by atoms with Crippen LogP contribution in [0.2, 0.25) is 0 Å². The van der Waals surface area contributed by atoms with Gasteiger partial charge in [-0.25, -0.2) is 4.98 Å². The summed E-state index contributed by atoms with van der Waals surface area (Å²) in [5.74, 6) is 0.573. The zero-order valence-electron chi connectivity index (χ0n) is 10.8. The van der Waals surface area contributed by atoms with E-state index in [0.29, 0.717) is 10.9 Å². The highest BCUT2D eigenvalue weighted by atomic mass is 32.1. The number of aryl methyl sites for hydroxylation is 1. The normalized spacial score (nSPS) is 10.0. The van der Waals surface area contributed by atoms with Crippen LogP contribution in [0.3, 0.4) is 0 Å². The van der Waals surface area contributed by atoms with Gasteiger partial charge in [0.2, 0.25) is 5.88 Å². The third-order valence-electron chi connectivity index (χ3n) is 2.67. The maximum absolute atomic E-state index is 5.74. The molecule has 1 aromatic heterocycles. The maximum atomic E-state index is 5.74. The minimum absolute atomic E-state index is 0.368. The van der Waals surface area contributed by atoms with E-state index >= 15 is 0 Å². The summed E-state index contributed by atoms with van der Waals surface area (Å²) < 4.78 is 5.02. The van der Waals surface area contributed by atoms with E-state index in [1.807, 2.05) is 31.2 Å². The number of nitrogens with zero attached hydrogens (tertiary/aromatic N) is 1. The summed E-state index contributed by atoms with van der Waals surface area (Å²) in [5, 5.41) is 3.25. The quantitative estimate of drug-likeness (QED) is 0.839. The largest absolute Gasteiger partial charge is 0.481 e. The Hall–Kier alpha value is -2.14. The van der Waals surface area contributed by atoms with Crippen LogP contribution in [-0.2, 0) is 0 Å². The van der Waals surface area contributed by atoms with Crippen LogP contribution in [0.5, 0.6) is 5.88 Å². The van der Waals surface area contributed by atoms with Gasteiger partial charge in [-0.05, 0) is 25.1 Å². The first kappa shape index (κ1) is 13.3. The lowest BCUT2D eigenvalue weighted by Crippen LogP contribution is -2.12. The Morgan fingerprint density at radius 2 is 2.11 bits per heavy atom. The lowest BCUT2D eigenvalue weighted by molar-refractivity contribution is 0.398. The molecule has 1 heterocycles. The second kappa shape index (κ2) is 5.67. The van der Waals surface area contributed by atoms with Crippen LogP contribution in [0.25, 0.3) is 0 Å². The average molecular weight is 273 g/mol. The molecule has 0 spiro atoms. The molecule has 0 fully saturated rings. The molecule has 0 amide bonds. The minimum atomic E-state index is 0.368. The van der Waals surface area contributed by atoms with Gasteiger partial charge in [0.1, 0.15) is 4.99 Å². The number of hydrogen-bond donors (Lipinski definition) is 2. The van der Waals surface area contributed by atoms with Crippen LogP contribution in [0.4, 0.5) is 11.4 Å². The number of anilines is 2. The summed E-state index contributed by atoms with van der Waals surface area (Å²) in [6.07, 6.45) is 1.70. The molecule has 5 heteroatoms. The fraction of sp³-hybridized carbons (Fsp3) is 0.143. The minimum Gasteiger partial charge on any atom is -0.481 e. The van der Waals surface area contributed by atoms with Gasteiger partial charge in [0.05, 0.1) is 19.0 Å². The summed E-state index contributed by atoms with van der Waals surface area (Å²) in [6.45, 7) is 2.00. The predicted octanol–water partition coefficient (Wildman–Crippen LogP) is 2.78. The lowest BCUT2D eigenvalue weighted by Gasteiger charge is -2.12. The smallest absolute Gasteiger partial charge is 0.213 e. The molecule has 19 heavy (non-hydrogen) atoms. The number of benzene rings is 1. The van der Waals surface area contributed by atoms with Gasteiger partial charge < -0.3 is 15.8 Å². The summed E-state index contributed by atoms with van der Waals surface area (Å²) in [4.78, 5) is 4.50. The summed E-state index contributed by atoms with van der Waals surface area (Å²) >= 11 is 5.07. The summed E-state index contributed by atoms with van der Waals surface area (Å²) in [7, 11) is 1.58. The van der Waals surface area contributed by atoms with Gasteiger partial charge in [-0.1, -0.05) is 23.8 Å². The summed E-state index contributed by atoms with van der Waals surface area (Å²) in [5.41, 5.74) is 9.39. The van der Waals surface area contributed by atoms with Gasteiger partial charge in [-0.2, -0.15) is 0 Å². The van der Waals surface area contributed by atoms with Crippen molar-refractivity contribution >= 4 is 28.6 Å². The van der Waals surface area contributed by atoms with Crippen molar-refractivity contribution in [1.82, 2.24) is 4.98 Å². The third kappa shape index (κ3) is 3.20. The van der Waals surface area contributed by atoms with E-state index in [1.54, 1.807) is 19.4 Å². The van der Waals surface area contributed by atoms with Crippen molar-refractivity contribution in [2.24, 2.45) is 5.73 Å². The van der Waals surface area contributed by atoms with E-state index < -0.39 is 0 Å². The zero-order valence-corrected chi connectivity index (χ0v) is 11.6. The van der Waals surface area contributed by atoms with E-state index in [9.17, 15) is 0 Å². The maximum Gasteiger partial charge on any atom is 0.213 e. The molecule has 0 saturated carbocycles. The molecule has 0 unspecified atom stereocenters. The van der Waals surface area contributed by atoms with Crippen LogP contribution in [-0.4, -0.2) is 17.1 Å². The topological polar surface area (TPSA) is 60.2 Å². The van der Waals surface area contributed by atoms with Gasteiger partial charge in [0.15, 0.2) is 0 Å². The van der Waals surface area contributed by atoms with Crippen molar-refractivity contribution in [1.29, 1.82) is 0 Å². The van der Waals surface area contributed by atoms with Crippen molar-refractivity contribution in [2.75, 3.05) is 12.4 Å². The fourth-order valence-corrected chi connectivity index (χ4v) is 1.87. The molecule has 0 aliphatic rings.